The van der Waals surface area contributed by atoms with Crippen molar-refractivity contribution >= 4 is 5.71 Å². The maximum absolute atomic E-state index is 4.99. The van der Waals surface area contributed by atoms with Gasteiger partial charge in [0.15, 0.2) is 0 Å². The Morgan fingerprint density at radius 3 is 1.22 bits per heavy atom. The Morgan fingerprint density at radius 1 is 0.609 bits per heavy atom. The van der Waals surface area contributed by atoms with Crippen LogP contribution in [0.3, 0.4) is 0 Å². The van der Waals surface area contributed by atoms with E-state index in [4.69, 9.17) is 5.10 Å². The lowest BCUT2D eigenvalue weighted by Gasteiger charge is -2.38. The summed E-state index contributed by atoms with van der Waals surface area (Å²) in [6.45, 7) is 0. The topological polar surface area (TPSA) is 22.1 Å². The van der Waals surface area contributed by atoms with Crippen LogP contribution in [0.2, 0.25) is 0 Å². The summed E-state index contributed by atoms with van der Waals surface area (Å²) in [4.78, 5) is 4.81. The largest absolute Gasteiger partial charge is 0.306 e. The first-order valence-electron chi connectivity index (χ1n) is 9.47. The Balaban J connectivity index is 1.99. The molecule has 0 radical (unpaired) electrons. The van der Waals surface area contributed by atoms with Crippen LogP contribution in [0, 0.1) is 11.8 Å². The minimum atomic E-state index is 0.717. The molecule has 23 heavy (non-hydrogen) atoms. The van der Waals surface area contributed by atoms with E-state index in [0.717, 1.165) is 23.9 Å². The van der Waals surface area contributed by atoms with Gasteiger partial charge in [0.25, 0.3) is 0 Å². The molecule has 134 valence electrons. The van der Waals surface area contributed by atoms with E-state index < -0.39 is 0 Å². The van der Waals surface area contributed by atoms with Gasteiger partial charge in [0.05, 0.1) is 0 Å². The normalized spacial score (nSPS) is 32.2. The molecule has 0 unspecified atom stereocenters. The van der Waals surface area contributed by atoms with Crippen molar-refractivity contribution in [1.82, 2.24) is 14.8 Å². The quantitative estimate of drug-likeness (QED) is 0.573. The fourth-order valence-corrected chi connectivity index (χ4v) is 4.50. The van der Waals surface area contributed by atoms with Crippen LogP contribution < -0.4 is 0 Å². The summed E-state index contributed by atoms with van der Waals surface area (Å²) in [5.41, 5.74) is 1.52. The second-order valence-corrected chi connectivity index (χ2v) is 8.31. The lowest BCUT2D eigenvalue weighted by Crippen LogP contribution is -2.39. The van der Waals surface area contributed by atoms with Crippen molar-refractivity contribution in [3.8, 4) is 0 Å². The summed E-state index contributed by atoms with van der Waals surface area (Å²) in [6.07, 6.45) is 10.6. The summed E-state index contributed by atoms with van der Waals surface area (Å²) in [7, 11) is 13.1. The van der Waals surface area contributed by atoms with Gasteiger partial charge in [0.2, 0.25) is 0 Å². The van der Waals surface area contributed by atoms with Gasteiger partial charge in [-0.05, 0) is 91.4 Å². The van der Waals surface area contributed by atoms with Gasteiger partial charge in [-0.2, -0.15) is 5.10 Å². The van der Waals surface area contributed by atoms with Crippen LogP contribution in [0.4, 0.5) is 0 Å². The summed E-state index contributed by atoms with van der Waals surface area (Å²) in [5.74, 6) is 1.43. The molecule has 2 saturated carbocycles. The highest BCUT2D eigenvalue weighted by Crippen LogP contribution is 2.35. The summed E-state index contributed by atoms with van der Waals surface area (Å²) < 4.78 is 0. The van der Waals surface area contributed by atoms with Gasteiger partial charge in [-0.25, -0.2) is 0 Å². The third-order valence-corrected chi connectivity index (χ3v) is 6.01. The van der Waals surface area contributed by atoms with Gasteiger partial charge >= 0.3 is 0 Å². The van der Waals surface area contributed by atoms with E-state index in [0.29, 0.717) is 0 Å². The zero-order valence-corrected chi connectivity index (χ0v) is 16.3. The van der Waals surface area contributed by atoms with E-state index in [2.05, 4.69) is 52.1 Å². The second-order valence-electron chi connectivity index (χ2n) is 8.31. The molecule has 4 nitrogen and oxygen atoms in total. The molecule has 0 aromatic heterocycles. The molecule has 0 aromatic carbocycles. The van der Waals surface area contributed by atoms with Gasteiger partial charge in [-0.15, -0.1) is 0 Å². The molecule has 0 spiro atoms. The molecule has 0 bridgehead atoms. The molecule has 4 heteroatoms. The first-order chi connectivity index (χ1) is 10.9. The van der Waals surface area contributed by atoms with Crippen LogP contribution in [-0.2, 0) is 0 Å². The minimum absolute atomic E-state index is 0.717. The maximum atomic E-state index is 4.99. The van der Waals surface area contributed by atoms with E-state index in [-0.39, 0.29) is 0 Å². The second kappa shape index (κ2) is 8.48. The van der Waals surface area contributed by atoms with Crippen molar-refractivity contribution in [1.29, 1.82) is 0 Å². The molecule has 2 aliphatic rings. The predicted molar refractivity (Wildman–Crippen MR) is 100.0 cm³/mol. The van der Waals surface area contributed by atoms with E-state index in [1.807, 2.05) is 5.01 Å². The van der Waals surface area contributed by atoms with Gasteiger partial charge < -0.3 is 14.8 Å². The van der Waals surface area contributed by atoms with Gasteiger partial charge in [0.1, 0.15) is 0 Å². The lowest BCUT2D eigenvalue weighted by molar-refractivity contribution is 0.198. The Morgan fingerprint density at radius 2 is 0.957 bits per heavy atom. The zero-order chi connectivity index (χ0) is 17.0. The molecular weight excluding hydrogens is 284 g/mol. The van der Waals surface area contributed by atoms with Crippen LogP contribution in [0.1, 0.15) is 51.4 Å². The summed E-state index contributed by atoms with van der Waals surface area (Å²) >= 11 is 0. The van der Waals surface area contributed by atoms with Crippen molar-refractivity contribution in [2.75, 3.05) is 42.3 Å². The van der Waals surface area contributed by atoms with Crippen molar-refractivity contribution in [2.24, 2.45) is 16.9 Å². The number of hydrazone groups is 1. The average Bonchev–Trinajstić information content (AvgIpc) is 2.52. The van der Waals surface area contributed by atoms with Gasteiger partial charge in [0, 0.05) is 31.9 Å². The molecular formula is C19H38N4. The average molecular weight is 323 g/mol. The molecule has 2 fully saturated rings. The van der Waals surface area contributed by atoms with Gasteiger partial charge in [-0.1, -0.05) is 0 Å². The molecule has 0 heterocycles. The number of nitrogens with zero attached hydrogens (tertiary/aromatic N) is 4. The molecule has 0 amide bonds. The SMILES string of the molecule is CN(C)N=C(C1CCC(N(C)C)CC1)C1CCC(N(C)C)CC1. The highest BCUT2D eigenvalue weighted by molar-refractivity contribution is 5.89. The predicted octanol–water partition coefficient (Wildman–Crippen LogP) is 3.14. The van der Waals surface area contributed by atoms with E-state index in [1.54, 1.807) is 0 Å². The van der Waals surface area contributed by atoms with E-state index in [9.17, 15) is 0 Å². The van der Waals surface area contributed by atoms with Crippen LogP contribution in [0.15, 0.2) is 5.10 Å². The van der Waals surface area contributed by atoms with Crippen molar-refractivity contribution in [2.45, 2.75) is 63.5 Å². The lowest BCUT2D eigenvalue weighted by atomic mass is 9.74. The van der Waals surface area contributed by atoms with Gasteiger partial charge in [-0.3, -0.25) is 0 Å². The molecule has 0 N–H and O–H groups in total. The molecule has 0 saturated heterocycles. The highest BCUT2D eigenvalue weighted by atomic mass is 15.4. The summed E-state index contributed by atoms with van der Waals surface area (Å²) in [6, 6.07) is 1.55. The Labute approximate surface area is 143 Å². The third-order valence-electron chi connectivity index (χ3n) is 6.01. The van der Waals surface area contributed by atoms with Crippen molar-refractivity contribution < 1.29 is 0 Å². The van der Waals surface area contributed by atoms with Crippen LogP contribution in [-0.4, -0.2) is 74.9 Å². The summed E-state index contributed by atoms with van der Waals surface area (Å²) in [5, 5.41) is 7.02. The molecule has 0 atom stereocenters. The molecule has 0 aromatic rings. The van der Waals surface area contributed by atoms with Crippen molar-refractivity contribution in [3.05, 3.63) is 0 Å². The first kappa shape index (κ1) is 18.7. The monoisotopic (exact) mass is 322 g/mol. The smallest absolute Gasteiger partial charge is 0.0442 e. The van der Waals surface area contributed by atoms with E-state index in [1.165, 1.54) is 57.1 Å². The molecule has 0 aliphatic heterocycles. The van der Waals surface area contributed by atoms with Crippen LogP contribution in [0.5, 0.6) is 0 Å². The fourth-order valence-electron chi connectivity index (χ4n) is 4.50. The maximum Gasteiger partial charge on any atom is 0.0442 e. The molecule has 2 aliphatic carbocycles. The fraction of sp³-hybridized carbons (Fsp3) is 0.947. The highest BCUT2D eigenvalue weighted by Gasteiger charge is 2.33. The Kier molecular flexibility index (Phi) is 6.90. The zero-order valence-electron chi connectivity index (χ0n) is 16.3. The van der Waals surface area contributed by atoms with Crippen molar-refractivity contribution in [3.63, 3.8) is 0 Å². The Hall–Kier alpha value is -0.610. The number of hydrogen-bond acceptors (Lipinski definition) is 4. The third kappa shape index (κ3) is 5.18. The van der Waals surface area contributed by atoms with E-state index >= 15 is 0 Å². The first-order valence-corrected chi connectivity index (χ1v) is 9.47. The standard InChI is InChI=1S/C19H38N4/c1-21(2)17-11-7-15(8-12-17)19(20-23(5)6)16-9-13-18(14-10-16)22(3)4/h15-18H,7-14H2,1-6H3. The molecule has 2 rings (SSSR count). The van der Waals surface area contributed by atoms with Crippen LogP contribution in [0.25, 0.3) is 0 Å². The number of rotatable bonds is 5. The Bertz CT molecular complexity index is 343. The van der Waals surface area contributed by atoms with Crippen LogP contribution >= 0.6 is 0 Å². The number of hydrogen-bond donors (Lipinski definition) is 0. The minimum Gasteiger partial charge on any atom is -0.306 e.